The number of hydrogen-bond donors (Lipinski definition) is 3. The first-order chi connectivity index (χ1) is 9.60. The lowest BCUT2D eigenvalue weighted by molar-refractivity contribution is 0.0942. The molecule has 0 unspecified atom stereocenters. The number of nitrogens with one attached hydrogen (secondary N) is 1. The molecule has 1 saturated carbocycles. The zero-order valence-electron chi connectivity index (χ0n) is 12.2. The second-order valence-electron chi connectivity index (χ2n) is 5.85. The van der Waals surface area contributed by atoms with Gasteiger partial charge in [0.25, 0.3) is 5.91 Å². The van der Waals surface area contributed by atoms with Crippen LogP contribution in [0, 0.1) is 11.8 Å². The molecule has 0 atom stereocenters. The van der Waals surface area contributed by atoms with Crippen LogP contribution in [0.2, 0.25) is 0 Å². The number of anilines is 2. The number of amides is 1. The Morgan fingerprint density at radius 3 is 2.45 bits per heavy atom. The fraction of sp³-hybridized carbons (Fsp3) is 0.562. The Balaban J connectivity index is 1.83. The molecule has 0 aromatic heterocycles. The molecule has 0 spiro atoms. The van der Waals surface area contributed by atoms with E-state index in [-0.39, 0.29) is 5.91 Å². The molecule has 0 aliphatic heterocycles. The van der Waals surface area contributed by atoms with Gasteiger partial charge in [-0.05, 0) is 42.9 Å². The molecule has 1 aromatic rings. The molecule has 2 rings (SSSR count). The molecule has 0 bridgehead atoms. The Kier molecular flexibility index (Phi) is 4.88. The van der Waals surface area contributed by atoms with Crippen LogP contribution in [0.3, 0.4) is 0 Å². The largest absolute Gasteiger partial charge is 0.399 e. The normalized spacial score (nSPS) is 22.4. The van der Waals surface area contributed by atoms with Gasteiger partial charge in [-0.1, -0.05) is 26.2 Å². The van der Waals surface area contributed by atoms with Crippen molar-refractivity contribution in [3.63, 3.8) is 0 Å². The summed E-state index contributed by atoms with van der Waals surface area (Å²) in [5, 5.41) is 3.00. The molecule has 1 amide bonds. The van der Waals surface area contributed by atoms with Crippen molar-refractivity contribution in [3.8, 4) is 0 Å². The van der Waals surface area contributed by atoms with E-state index in [0.717, 1.165) is 12.5 Å². The summed E-state index contributed by atoms with van der Waals surface area (Å²) in [7, 11) is 0. The zero-order chi connectivity index (χ0) is 14.5. The maximum atomic E-state index is 12.1. The molecular weight excluding hydrogens is 250 g/mol. The van der Waals surface area contributed by atoms with E-state index in [2.05, 4.69) is 12.2 Å². The van der Waals surface area contributed by atoms with Gasteiger partial charge >= 0.3 is 0 Å². The first-order valence-corrected chi connectivity index (χ1v) is 7.53. The van der Waals surface area contributed by atoms with Crippen molar-refractivity contribution in [1.82, 2.24) is 5.32 Å². The van der Waals surface area contributed by atoms with Crippen molar-refractivity contribution >= 4 is 17.3 Å². The minimum Gasteiger partial charge on any atom is -0.399 e. The average Bonchev–Trinajstić information content (AvgIpc) is 2.45. The zero-order valence-corrected chi connectivity index (χ0v) is 12.2. The van der Waals surface area contributed by atoms with Gasteiger partial charge in [0, 0.05) is 17.9 Å². The van der Waals surface area contributed by atoms with Gasteiger partial charge in [0.2, 0.25) is 0 Å². The molecule has 1 fully saturated rings. The van der Waals surface area contributed by atoms with Crippen LogP contribution in [0.15, 0.2) is 18.2 Å². The van der Waals surface area contributed by atoms with Gasteiger partial charge in [-0.25, -0.2) is 0 Å². The van der Waals surface area contributed by atoms with Crippen molar-refractivity contribution in [2.24, 2.45) is 11.8 Å². The van der Waals surface area contributed by atoms with Crippen LogP contribution in [0.1, 0.15) is 49.4 Å². The number of hydrogen-bond acceptors (Lipinski definition) is 3. The number of carbonyl (C=O) groups is 1. The Hall–Kier alpha value is -1.71. The van der Waals surface area contributed by atoms with Crippen LogP contribution in [0.25, 0.3) is 0 Å². The third-order valence-electron chi connectivity index (χ3n) is 4.42. The molecule has 0 saturated heterocycles. The van der Waals surface area contributed by atoms with Gasteiger partial charge in [-0.2, -0.15) is 0 Å². The highest BCUT2D eigenvalue weighted by atomic mass is 16.1. The summed E-state index contributed by atoms with van der Waals surface area (Å²) in [6.07, 6.45) is 6.30. The lowest BCUT2D eigenvalue weighted by atomic mass is 9.81. The van der Waals surface area contributed by atoms with E-state index in [1.165, 1.54) is 32.1 Å². The van der Waals surface area contributed by atoms with Gasteiger partial charge < -0.3 is 16.8 Å². The topological polar surface area (TPSA) is 81.1 Å². The molecule has 1 aliphatic rings. The maximum absolute atomic E-state index is 12.1. The molecule has 4 heteroatoms. The van der Waals surface area contributed by atoms with E-state index >= 15 is 0 Å². The molecule has 0 heterocycles. The predicted molar refractivity (Wildman–Crippen MR) is 83.3 cm³/mol. The van der Waals surface area contributed by atoms with Crippen molar-refractivity contribution in [2.45, 2.75) is 39.0 Å². The van der Waals surface area contributed by atoms with E-state index in [9.17, 15) is 4.79 Å². The first kappa shape index (κ1) is 14.7. The standard InChI is InChI=1S/C16H25N3O/c1-2-11-3-5-12(6-4-11)10-19-16(20)14-8-7-13(17)9-15(14)18/h7-9,11-12H,2-6,10,17-18H2,1H3,(H,19,20). The van der Waals surface area contributed by atoms with Gasteiger partial charge in [0.15, 0.2) is 0 Å². The fourth-order valence-corrected chi connectivity index (χ4v) is 2.96. The molecular formula is C16H25N3O. The van der Waals surface area contributed by atoms with Gasteiger partial charge in [-0.15, -0.1) is 0 Å². The van der Waals surface area contributed by atoms with E-state index in [1.807, 2.05) is 0 Å². The lowest BCUT2D eigenvalue weighted by Gasteiger charge is -2.27. The predicted octanol–water partition coefficient (Wildman–Crippen LogP) is 2.80. The monoisotopic (exact) mass is 275 g/mol. The molecule has 1 aliphatic carbocycles. The van der Waals surface area contributed by atoms with Crippen molar-refractivity contribution in [3.05, 3.63) is 23.8 Å². The summed E-state index contributed by atoms with van der Waals surface area (Å²) in [6, 6.07) is 5.02. The van der Waals surface area contributed by atoms with Crippen LogP contribution >= 0.6 is 0 Å². The Morgan fingerprint density at radius 2 is 1.85 bits per heavy atom. The molecule has 5 N–H and O–H groups in total. The van der Waals surface area contributed by atoms with Crippen LogP contribution in [0.5, 0.6) is 0 Å². The first-order valence-electron chi connectivity index (χ1n) is 7.53. The van der Waals surface area contributed by atoms with Gasteiger partial charge in [-0.3, -0.25) is 4.79 Å². The van der Waals surface area contributed by atoms with E-state index in [1.54, 1.807) is 18.2 Å². The van der Waals surface area contributed by atoms with E-state index in [0.29, 0.717) is 22.9 Å². The van der Waals surface area contributed by atoms with Crippen molar-refractivity contribution in [1.29, 1.82) is 0 Å². The van der Waals surface area contributed by atoms with Crippen LogP contribution < -0.4 is 16.8 Å². The highest BCUT2D eigenvalue weighted by molar-refractivity contribution is 5.99. The summed E-state index contributed by atoms with van der Waals surface area (Å²) >= 11 is 0. The van der Waals surface area contributed by atoms with Gasteiger partial charge in [0.05, 0.1) is 5.56 Å². The highest BCUT2D eigenvalue weighted by Crippen LogP contribution is 2.30. The molecule has 1 aromatic carbocycles. The number of benzene rings is 1. The van der Waals surface area contributed by atoms with Crippen LogP contribution in [0.4, 0.5) is 11.4 Å². The van der Waals surface area contributed by atoms with Crippen molar-refractivity contribution in [2.75, 3.05) is 18.0 Å². The van der Waals surface area contributed by atoms with Crippen LogP contribution in [-0.4, -0.2) is 12.5 Å². The van der Waals surface area contributed by atoms with Crippen LogP contribution in [-0.2, 0) is 0 Å². The smallest absolute Gasteiger partial charge is 0.253 e. The summed E-state index contributed by atoms with van der Waals surface area (Å²) in [6.45, 7) is 3.01. The second-order valence-corrected chi connectivity index (χ2v) is 5.85. The number of carbonyl (C=O) groups excluding carboxylic acids is 1. The Morgan fingerprint density at radius 1 is 1.20 bits per heavy atom. The lowest BCUT2D eigenvalue weighted by Crippen LogP contribution is -2.31. The minimum atomic E-state index is -0.0971. The third-order valence-corrected chi connectivity index (χ3v) is 4.42. The summed E-state index contributed by atoms with van der Waals surface area (Å²) in [5.74, 6) is 1.39. The molecule has 4 nitrogen and oxygen atoms in total. The molecule has 0 radical (unpaired) electrons. The second kappa shape index (κ2) is 6.64. The number of nitrogens with two attached hydrogens (primary N) is 2. The summed E-state index contributed by atoms with van der Waals surface area (Å²) < 4.78 is 0. The summed E-state index contributed by atoms with van der Waals surface area (Å²) in [5.41, 5.74) is 13.0. The Labute approximate surface area is 120 Å². The number of nitrogen functional groups attached to an aromatic ring is 2. The van der Waals surface area contributed by atoms with E-state index < -0.39 is 0 Å². The third kappa shape index (κ3) is 3.65. The summed E-state index contributed by atoms with van der Waals surface area (Å²) in [4.78, 5) is 12.1. The minimum absolute atomic E-state index is 0.0971. The molecule has 110 valence electrons. The average molecular weight is 275 g/mol. The molecule has 20 heavy (non-hydrogen) atoms. The van der Waals surface area contributed by atoms with Crippen molar-refractivity contribution < 1.29 is 4.79 Å². The number of rotatable bonds is 4. The quantitative estimate of drug-likeness (QED) is 0.739. The van der Waals surface area contributed by atoms with E-state index in [4.69, 9.17) is 11.5 Å². The highest BCUT2D eigenvalue weighted by Gasteiger charge is 2.20. The SMILES string of the molecule is CCC1CCC(CNC(=O)c2ccc(N)cc2N)CC1. The van der Waals surface area contributed by atoms with Gasteiger partial charge in [0.1, 0.15) is 0 Å². The maximum Gasteiger partial charge on any atom is 0.253 e. The Bertz CT molecular complexity index is 465. The fourth-order valence-electron chi connectivity index (χ4n) is 2.96.